The number of carbonyl (C=O) groups excluding carboxylic acids is 2. The quantitative estimate of drug-likeness (QED) is 0.578. The maximum Gasteiger partial charge on any atom is 0.272 e. The molecule has 0 saturated heterocycles. The minimum atomic E-state index is -0.153. The number of hydrogen-bond acceptors (Lipinski definition) is 5. The van der Waals surface area contributed by atoms with E-state index in [-0.39, 0.29) is 17.9 Å². The molecule has 0 saturated carbocycles. The summed E-state index contributed by atoms with van der Waals surface area (Å²) in [5, 5.41) is 9.42. The van der Waals surface area contributed by atoms with Gasteiger partial charge in [0.1, 0.15) is 17.1 Å². The van der Waals surface area contributed by atoms with E-state index < -0.39 is 0 Å². The van der Waals surface area contributed by atoms with Crippen LogP contribution in [-0.4, -0.2) is 49.1 Å². The van der Waals surface area contributed by atoms with Crippen LogP contribution < -0.4 is 0 Å². The van der Waals surface area contributed by atoms with E-state index >= 15 is 0 Å². The van der Waals surface area contributed by atoms with E-state index in [4.69, 9.17) is 27.7 Å². The summed E-state index contributed by atoms with van der Waals surface area (Å²) in [5.74, 6) is 0.444. The third-order valence-electron chi connectivity index (χ3n) is 6.01. The number of aromatic nitrogens is 3. The predicted octanol–water partition coefficient (Wildman–Crippen LogP) is 3.73. The number of benzene rings is 1. The topological polar surface area (TPSA) is 84.5 Å². The van der Waals surface area contributed by atoms with Gasteiger partial charge in [-0.3, -0.25) is 14.3 Å². The second-order valence-corrected chi connectivity index (χ2v) is 9.08. The van der Waals surface area contributed by atoms with Gasteiger partial charge >= 0.3 is 0 Å². The van der Waals surface area contributed by atoms with E-state index in [1.807, 2.05) is 19.9 Å². The normalized spacial score (nSPS) is 18.0. The molecule has 0 spiro atoms. The van der Waals surface area contributed by atoms with E-state index in [1.165, 1.54) is 0 Å². The first kappa shape index (κ1) is 21.0. The molecule has 0 bridgehead atoms. The molecule has 1 atom stereocenters. The lowest BCUT2D eigenvalue weighted by atomic mass is 9.97. The van der Waals surface area contributed by atoms with Gasteiger partial charge in [-0.1, -0.05) is 28.4 Å². The average molecular weight is 474 g/mol. The van der Waals surface area contributed by atoms with Crippen LogP contribution >= 0.6 is 23.2 Å². The van der Waals surface area contributed by atoms with Crippen LogP contribution in [0.25, 0.3) is 0 Å². The first-order valence-electron chi connectivity index (χ1n) is 10.4. The molecule has 166 valence electrons. The number of rotatable bonds is 3. The molecule has 2 aliphatic heterocycles. The molecule has 2 amide bonds. The summed E-state index contributed by atoms with van der Waals surface area (Å²) in [5.41, 5.74) is 3.40. The Hall–Kier alpha value is -2.84. The van der Waals surface area contributed by atoms with Crippen molar-refractivity contribution in [3.05, 3.63) is 68.3 Å². The van der Waals surface area contributed by atoms with Crippen molar-refractivity contribution in [2.24, 2.45) is 0 Å². The summed E-state index contributed by atoms with van der Waals surface area (Å²) >= 11 is 12.1. The summed E-state index contributed by atoms with van der Waals surface area (Å²) in [6, 6.07) is 6.62. The molecule has 0 aliphatic carbocycles. The monoisotopic (exact) mass is 473 g/mol. The van der Waals surface area contributed by atoms with Crippen LogP contribution in [0, 0.1) is 6.92 Å². The van der Waals surface area contributed by atoms with Crippen molar-refractivity contribution in [2.45, 2.75) is 45.9 Å². The van der Waals surface area contributed by atoms with Gasteiger partial charge in [-0.2, -0.15) is 5.10 Å². The summed E-state index contributed by atoms with van der Waals surface area (Å²) in [6.07, 6.45) is 0.582. The summed E-state index contributed by atoms with van der Waals surface area (Å²) in [6.45, 7) is 5.63. The summed E-state index contributed by atoms with van der Waals surface area (Å²) < 4.78 is 6.90. The molecular formula is C22H21Cl2N5O3. The largest absolute Gasteiger partial charge is 0.361 e. The fraction of sp³-hybridized carbons (Fsp3) is 0.364. The molecular weight excluding hydrogens is 453 g/mol. The van der Waals surface area contributed by atoms with Crippen LogP contribution in [-0.2, 0) is 26.1 Å². The van der Waals surface area contributed by atoms with Crippen molar-refractivity contribution < 1.29 is 14.1 Å². The third kappa shape index (κ3) is 3.57. The highest BCUT2D eigenvalue weighted by Gasteiger charge is 2.37. The number of aryl methyl sites for hydroxylation is 1. The maximum atomic E-state index is 13.3. The first-order valence-corrected chi connectivity index (χ1v) is 11.1. The van der Waals surface area contributed by atoms with Crippen molar-refractivity contribution >= 4 is 35.0 Å². The highest BCUT2D eigenvalue weighted by molar-refractivity contribution is 6.42. The zero-order valence-corrected chi connectivity index (χ0v) is 19.2. The van der Waals surface area contributed by atoms with Crippen molar-refractivity contribution in [2.75, 3.05) is 6.54 Å². The van der Waals surface area contributed by atoms with Crippen LogP contribution in [0.15, 0.2) is 28.8 Å². The SMILES string of the molecule is Cc1cc(CN2CCn3nc4c(c3C2=O)CN(C(=O)c2ccc(Cl)c(Cl)c2)[C@H](C)C4)no1. The minimum Gasteiger partial charge on any atom is -0.361 e. The Morgan fingerprint density at radius 1 is 1.22 bits per heavy atom. The van der Waals surface area contributed by atoms with Gasteiger partial charge in [0.15, 0.2) is 0 Å². The number of halogens is 2. The predicted molar refractivity (Wildman–Crippen MR) is 118 cm³/mol. The van der Waals surface area contributed by atoms with Crippen LogP contribution in [0.1, 0.15) is 50.5 Å². The van der Waals surface area contributed by atoms with Gasteiger partial charge < -0.3 is 14.3 Å². The second-order valence-electron chi connectivity index (χ2n) is 8.27. The molecule has 0 fully saturated rings. The number of carbonyl (C=O) groups is 2. The molecule has 32 heavy (non-hydrogen) atoms. The van der Waals surface area contributed by atoms with Gasteiger partial charge in [0.05, 0.1) is 35.4 Å². The molecule has 2 aliphatic rings. The Labute approximate surface area is 194 Å². The van der Waals surface area contributed by atoms with Crippen molar-refractivity contribution in [3.63, 3.8) is 0 Å². The zero-order chi connectivity index (χ0) is 22.6. The number of fused-ring (bicyclic) bond motifs is 3. The van der Waals surface area contributed by atoms with Gasteiger partial charge in [0.2, 0.25) is 0 Å². The number of nitrogens with zero attached hydrogens (tertiary/aromatic N) is 5. The van der Waals surface area contributed by atoms with Crippen LogP contribution in [0.2, 0.25) is 10.0 Å². The minimum absolute atomic E-state index is 0.0642. The standard InChI is InChI=1S/C22H21Cl2N5O3/c1-12-7-19-16(11-28(12)21(30)14-3-4-17(23)18(24)9-14)20-22(31)27(5-6-29(20)25-19)10-15-8-13(2)32-26-15/h3-4,8-9,12H,5-7,10-11H2,1-2H3/t12-/m1/s1. The van der Waals surface area contributed by atoms with Crippen LogP contribution in [0.5, 0.6) is 0 Å². The molecule has 3 aromatic rings. The molecule has 8 nitrogen and oxygen atoms in total. The lowest BCUT2D eigenvalue weighted by Gasteiger charge is -2.34. The van der Waals surface area contributed by atoms with E-state index in [2.05, 4.69) is 10.3 Å². The zero-order valence-electron chi connectivity index (χ0n) is 17.6. The molecule has 1 aromatic carbocycles. The number of hydrogen-bond donors (Lipinski definition) is 0. The highest BCUT2D eigenvalue weighted by Crippen LogP contribution is 2.31. The maximum absolute atomic E-state index is 13.3. The Kier molecular flexibility index (Phi) is 5.22. The van der Waals surface area contributed by atoms with Gasteiger partial charge in [-0.15, -0.1) is 0 Å². The Morgan fingerprint density at radius 3 is 2.75 bits per heavy atom. The van der Waals surface area contributed by atoms with Crippen LogP contribution in [0.3, 0.4) is 0 Å². The molecule has 2 aromatic heterocycles. The Bertz CT molecular complexity index is 1230. The van der Waals surface area contributed by atoms with Crippen molar-refractivity contribution in [3.8, 4) is 0 Å². The molecule has 5 rings (SSSR count). The van der Waals surface area contributed by atoms with Gasteiger partial charge in [-0.25, -0.2) is 0 Å². The van der Waals surface area contributed by atoms with Gasteiger partial charge in [-0.05, 0) is 32.0 Å². The number of amides is 2. The molecule has 10 heteroatoms. The van der Waals surface area contributed by atoms with E-state index in [9.17, 15) is 9.59 Å². The fourth-order valence-electron chi connectivity index (χ4n) is 4.37. The Morgan fingerprint density at radius 2 is 2.03 bits per heavy atom. The smallest absolute Gasteiger partial charge is 0.272 e. The van der Waals surface area contributed by atoms with E-state index in [1.54, 1.807) is 32.7 Å². The lowest BCUT2D eigenvalue weighted by molar-refractivity contribution is 0.0636. The molecule has 0 radical (unpaired) electrons. The van der Waals surface area contributed by atoms with Crippen molar-refractivity contribution in [1.29, 1.82) is 0 Å². The van der Waals surface area contributed by atoms with Crippen LogP contribution in [0.4, 0.5) is 0 Å². The highest BCUT2D eigenvalue weighted by atomic mass is 35.5. The van der Waals surface area contributed by atoms with Gasteiger partial charge in [0, 0.05) is 36.2 Å². The van der Waals surface area contributed by atoms with Gasteiger partial charge in [0.25, 0.3) is 11.8 Å². The second kappa shape index (κ2) is 7.94. The van der Waals surface area contributed by atoms with Crippen molar-refractivity contribution in [1.82, 2.24) is 24.7 Å². The average Bonchev–Trinajstić information content (AvgIpc) is 3.33. The fourth-order valence-corrected chi connectivity index (χ4v) is 4.67. The third-order valence-corrected chi connectivity index (χ3v) is 6.75. The van der Waals surface area contributed by atoms with E-state index in [0.29, 0.717) is 65.4 Å². The summed E-state index contributed by atoms with van der Waals surface area (Å²) in [4.78, 5) is 30.1. The molecule has 0 N–H and O–H groups in total. The summed E-state index contributed by atoms with van der Waals surface area (Å²) in [7, 11) is 0. The molecule has 0 unspecified atom stereocenters. The Balaban J connectivity index is 1.43. The lowest BCUT2D eigenvalue weighted by Crippen LogP contribution is -2.44. The first-order chi connectivity index (χ1) is 15.3. The van der Waals surface area contributed by atoms with E-state index in [0.717, 1.165) is 11.3 Å². The molecule has 4 heterocycles.